The number of carbonyl (C=O) groups is 2. The number of rotatable bonds is 18. The molecule has 2 aromatic carbocycles. The zero-order valence-electron chi connectivity index (χ0n) is 25.3. The van der Waals surface area contributed by atoms with E-state index in [1.807, 2.05) is 6.07 Å². The Morgan fingerprint density at radius 2 is 1.50 bits per heavy atom. The summed E-state index contributed by atoms with van der Waals surface area (Å²) in [7, 11) is -4.88. The lowest BCUT2D eigenvalue weighted by molar-refractivity contribution is -0.384. The summed E-state index contributed by atoms with van der Waals surface area (Å²) < 4.78 is 22.7. The van der Waals surface area contributed by atoms with Gasteiger partial charge in [0.25, 0.3) is 5.69 Å². The van der Waals surface area contributed by atoms with Gasteiger partial charge in [-0.3, -0.25) is 24.3 Å². The van der Waals surface area contributed by atoms with Gasteiger partial charge in [0.15, 0.2) is 0 Å². The van der Waals surface area contributed by atoms with Crippen molar-refractivity contribution in [3.8, 4) is 0 Å². The molecule has 0 unspecified atom stereocenters. The molecule has 242 valence electrons. The summed E-state index contributed by atoms with van der Waals surface area (Å²) in [6.07, 6.45) is -0.0683. The highest BCUT2D eigenvalue weighted by atomic mass is 31.2. The van der Waals surface area contributed by atoms with Gasteiger partial charge in [0.05, 0.1) is 30.7 Å². The fraction of sp³-hybridized carbons (Fsp3) is 0.462. The van der Waals surface area contributed by atoms with E-state index in [-0.39, 0.29) is 50.4 Å². The molecule has 0 saturated heterocycles. The Hall–Kier alpha value is -3.30. The first-order valence-electron chi connectivity index (χ1n) is 14.0. The Morgan fingerprint density at radius 1 is 0.977 bits per heavy atom. The highest BCUT2D eigenvalue weighted by Crippen LogP contribution is 2.47. The molecule has 15 nitrogen and oxygen atoms in total. The van der Waals surface area contributed by atoms with Gasteiger partial charge >= 0.3 is 27.7 Å². The second kappa shape index (κ2) is 19.9. The lowest BCUT2D eigenvalue weighted by atomic mass is 9.85. The van der Waals surface area contributed by atoms with Crippen LogP contribution in [0.15, 0.2) is 48.5 Å². The van der Waals surface area contributed by atoms with Crippen molar-refractivity contribution in [1.29, 1.82) is 0 Å². The smallest absolute Gasteiger partial charge is 0.374 e. The van der Waals surface area contributed by atoms with E-state index in [0.717, 1.165) is 5.56 Å². The van der Waals surface area contributed by atoms with E-state index in [9.17, 15) is 34.3 Å². The second-order valence-electron chi connectivity index (χ2n) is 9.63. The van der Waals surface area contributed by atoms with E-state index in [1.54, 1.807) is 44.9 Å². The first-order chi connectivity index (χ1) is 20.7. The topological polar surface area (TPSA) is 236 Å². The van der Waals surface area contributed by atoms with Gasteiger partial charge in [0, 0.05) is 42.9 Å². The quantitative estimate of drug-likeness (QED) is 0.0410. The largest absolute Gasteiger partial charge is 0.481 e. The number of anilines is 1. The number of nitro groups is 1. The van der Waals surface area contributed by atoms with Gasteiger partial charge in [0.1, 0.15) is 0 Å². The van der Waals surface area contributed by atoms with Crippen LogP contribution < -0.4 is 21.5 Å². The van der Waals surface area contributed by atoms with Gasteiger partial charge < -0.3 is 45.7 Å². The zero-order valence-corrected chi connectivity index (χ0v) is 26.2. The van der Waals surface area contributed by atoms with E-state index >= 15 is 0 Å². The van der Waals surface area contributed by atoms with Crippen LogP contribution in [0.25, 0.3) is 0 Å². The Morgan fingerprint density at radius 3 is 1.98 bits per heavy atom. The normalized spacial score (nSPS) is 12.3. The van der Waals surface area contributed by atoms with Gasteiger partial charge in [-0.15, -0.1) is 0 Å². The molecule has 0 fully saturated rings. The molecule has 8 N–H and O–H groups in total. The van der Waals surface area contributed by atoms with Crippen LogP contribution in [0, 0.1) is 10.1 Å². The summed E-state index contributed by atoms with van der Waals surface area (Å²) in [6, 6.07) is 11.7. The van der Waals surface area contributed by atoms with Crippen molar-refractivity contribution in [3.63, 3.8) is 0 Å². The molecule has 0 saturated carbocycles. The maximum atomic E-state index is 12.4. The van der Waals surface area contributed by atoms with Crippen LogP contribution in [0.2, 0.25) is 13.6 Å². The molecule has 0 spiro atoms. The number of carboxylic acids is 1. The fourth-order valence-corrected chi connectivity index (χ4v) is 5.59. The number of amides is 1. The summed E-state index contributed by atoms with van der Waals surface area (Å²) in [5.41, 5.74) is 7.51. The number of nitrogens with two attached hydrogens (primary N) is 1. The molecule has 0 radical (unpaired) electrons. The Labute approximate surface area is 257 Å². The monoisotopic (exact) mass is 637 g/mol. The molecule has 0 bridgehead atoms. The standard InChI is InChI=1S/C16H29BN3O5P.C10H13BN2O5/c1-4-24-26(23,25-5-2)10-9-19-16(21)12-15(20-17(3)22)13-7-6-8-14(18)11-13;1-11(16)12-9(6-10(14)15)7-3-2-4-8(5-7)13(17)18/h6-8,11,15,20,22H,4-5,9-10,12,18H2,1-3H3,(H,19,21);2-5,9,12,16H,6H2,1H3,(H,14,15)/t15-;9-/m11/s1. The molecule has 0 heterocycles. The SMILES string of the molecule is CB(O)N[C@H](CC(=O)O)c1cccc([N+](=O)[O-])c1.CCOP(=O)(CCNC(=O)C[C@@H](NB(C)O)c1cccc(N)c1)OCC. The first-order valence-corrected chi connectivity index (χ1v) is 15.8. The number of aliphatic carboxylic acids is 1. The predicted molar refractivity (Wildman–Crippen MR) is 169 cm³/mol. The minimum absolute atomic E-state index is 0.0991. The molecule has 0 aromatic heterocycles. The van der Waals surface area contributed by atoms with Crippen LogP contribution in [0.5, 0.6) is 0 Å². The highest BCUT2D eigenvalue weighted by molar-refractivity contribution is 7.53. The van der Waals surface area contributed by atoms with Crippen molar-refractivity contribution < 1.29 is 43.3 Å². The first kappa shape index (κ1) is 38.7. The van der Waals surface area contributed by atoms with Crippen molar-refractivity contribution in [2.45, 2.75) is 52.4 Å². The molecule has 0 aliphatic carbocycles. The number of nitrogens with one attached hydrogen (secondary N) is 3. The Kier molecular flexibility index (Phi) is 17.5. The van der Waals surface area contributed by atoms with E-state index < -0.39 is 44.7 Å². The summed E-state index contributed by atoms with van der Waals surface area (Å²) in [5, 5.41) is 46.6. The maximum Gasteiger partial charge on any atom is 0.374 e. The van der Waals surface area contributed by atoms with Crippen LogP contribution in [-0.4, -0.2) is 72.0 Å². The summed E-state index contributed by atoms with van der Waals surface area (Å²) in [6.45, 7) is 7.24. The predicted octanol–water partition coefficient (Wildman–Crippen LogP) is 2.59. The van der Waals surface area contributed by atoms with Crippen LogP contribution >= 0.6 is 7.60 Å². The third-order valence-electron chi connectivity index (χ3n) is 5.81. The van der Waals surface area contributed by atoms with E-state index in [0.29, 0.717) is 11.3 Å². The van der Waals surface area contributed by atoms with Crippen molar-refractivity contribution in [2.24, 2.45) is 0 Å². The molecular weight excluding hydrogens is 595 g/mol. The third-order valence-corrected chi connectivity index (χ3v) is 7.88. The molecular formula is C26H42B2N5O10P. The van der Waals surface area contributed by atoms with Crippen molar-refractivity contribution in [3.05, 3.63) is 69.8 Å². The molecule has 1 amide bonds. The maximum absolute atomic E-state index is 12.4. The van der Waals surface area contributed by atoms with E-state index in [2.05, 4.69) is 15.8 Å². The molecule has 44 heavy (non-hydrogen) atoms. The highest BCUT2D eigenvalue weighted by Gasteiger charge is 2.24. The average molecular weight is 637 g/mol. The zero-order chi connectivity index (χ0) is 33.3. The van der Waals surface area contributed by atoms with Gasteiger partial charge in [-0.1, -0.05) is 24.3 Å². The molecule has 0 aliphatic rings. The number of carboxylic acid groups (broad SMARTS) is 1. The lowest BCUT2D eigenvalue weighted by Crippen LogP contribution is -2.38. The van der Waals surface area contributed by atoms with Gasteiger partial charge in [0.2, 0.25) is 5.91 Å². The van der Waals surface area contributed by atoms with Gasteiger partial charge in [-0.2, -0.15) is 0 Å². The fourth-order valence-electron chi connectivity index (χ4n) is 4.08. The molecule has 0 aliphatic heterocycles. The Bertz CT molecular complexity index is 1250. The summed E-state index contributed by atoms with van der Waals surface area (Å²) >= 11 is 0. The minimum Gasteiger partial charge on any atom is -0.481 e. The number of hydrogen-bond acceptors (Lipinski definition) is 12. The number of carbonyl (C=O) groups excluding carboxylic acids is 1. The van der Waals surface area contributed by atoms with Crippen LogP contribution in [0.4, 0.5) is 11.4 Å². The number of benzene rings is 2. The molecule has 2 atom stereocenters. The summed E-state index contributed by atoms with van der Waals surface area (Å²) in [4.78, 5) is 33.1. The molecule has 18 heteroatoms. The van der Waals surface area contributed by atoms with Gasteiger partial charge in [-0.05, 0) is 50.8 Å². The minimum atomic E-state index is -3.18. The van der Waals surface area contributed by atoms with Crippen molar-refractivity contribution in [2.75, 3.05) is 31.7 Å². The second-order valence-corrected chi connectivity index (χ2v) is 11.8. The van der Waals surface area contributed by atoms with E-state index in [1.165, 1.54) is 25.0 Å². The number of hydrogen-bond donors (Lipinski definition) is 7. The number of nitrogen functional groups attached to an aromatic ring is 1. The van der Waals surface area contributed by atoms with Gasteiger partial charge in [-0.25, -0.2) is 0 Å². The van der Waals surface area contributed by atoms with Crippen LogP contribution in [0.3, 0.4) is 0 Å². The molecule has 2 aromatic rings. The van der Waals surface area contributed by atoms with Crippen molar-refractivity contribution >= 4 is 44.9 Å². The van der Waals surface area contributed by atoms with E-state index in [4.69, 9.17) is 19.9 Å². The Balaban J connectivity index is 0.000000470. The summed E-state index contributed by atoms with van der Waals surface area (Å²) in [5.74, 6) is -1.30. The number of nitrogens with zero attached hydrogens (tertiary/aromatic N) is 1. The van der Waals surface area contributed by atoms with Crippen molar-refractivity contribution in [1.82, 2.24) is 15.8 Å². The number of nitro benzene ring substituents is 1. The van der Waals surface area contributed by atoms with Crippen LogP contribution in [-0.2, 0) is 23.2 Å². The number of non-ortho nitro benzene ring substituents is 1. The molecule has 2 rings (SSSR count). The van der Waals surface area contributed by atoms with Crippen LogP contribution in [0.1, 0.15) is 49.9 Å². The lowest BCUT2D eigenvalue weighted by Gasteiger charge is -2.21. The third kappa shape index (κ3) is 15.4. The average Bonchev–Trinajstić information content (AvgIpc) is 2.92.